The molecule has 2 aliphatic heterocycles. The summed E-state index contributed by atoms with van der Waals surface area (Å²) in [4.78, 5) is 28.3. The lowest BCUT2D eigenvalue weighted by Gasteiger charge is -2.36. The summed E-state index contributed by atoms with van der Waals surface area (Å²) >= 11 is 0. The minimum Gasteiger partial charge on any atom is -0.486 e. The fourth-order valence-corrected chi connectivity index (χ4v) is 5.01. The number of amides is 1. The van der Waals surface area contributed by atoms with Crippen molar-refractivity contribution in [2.75, 3.05) is 49.7 Å². The Morgan fingerprint density at radius 3 is 2.79 bits per heavy atom. The van der Waals surface area contributed by atoms with E-state index < -0.39 is 24.3 Å². The van der Waals surface area contributed by atoms with Gasteiger partial charge in [-0.05, 0) is 49.4 Å². The molecule has 1 aromatic heterocycles. The SMILES string of the molecule is CC(O)C(=O)N1CC[C@H](Oc2ccc(-c3ncnc(Nc4ccc(N5CCOCC5CO)cc4)n3)cc2C#N)[C@H](F)C1. The molecule has 0 bridgehead atoms. The molecule has 0 radical (unpaired) electrons. The summed E-state index contributed by atoms with van der Waals surface area (Å²) in [5.41, 5.74) is 2.48. The molecule has 0 saturated carbocycles. The molecule has 5 rings (SSSR count). The molecule has 3 N–H and O–H groups in total. The molecule has 2 saturated heterocycles. The molecule has 2 aromatic carbocycles. The molecular weight excluding hydrogens is 545 g/mol. The molecule has 4 atom stereocenters. The first kappa shape index (κ1) is 29.1. The van der Waals surface area contributed by atoms with E-state index >= 15 is 0 Å². The highest BCUT2D eigenvalue weighted by Gasteiger charge is 2.34. The first-order valence-corrected chi connectivity index (χ1v) is 13.7. The number of nitrogens with one attached hydrogen (secondary N) is 1. The quantitative estimate of drug-likeness (QED) is 0.360. The number of rotatable bonds is 8. The van der Waals surface area contributed by atoms with E-state index in [0.717, 1.165) is 11.4 Å². The number of nitrogens with zero attached hydrogens (tertiary/aromatic N) is 6. The monoisotopic (exact) mass is 577 g/mol. The van der Waals surface area contributed by atoms with Gasteiger partial charge in [0.2, 0.25) is 5.95 Å². The van der Waals surface area contributed by atoms with Gasteiger partial charge in [-0.25, -0.2) is 14.4 Å². The number of aromatic nitrogens is 3. The predicted octanol–water partition coefficient (Wildman–Crippen LogP) is 2.05. The topological polar surface area (TPSA) is 157 Å². The van der Waals surface area contributed by atoms with Crippen LogP contribution in [0, 0.1) is 11.3 Å². The van der Waals surface area contributed by atoms with Gasteiger partial charge in [0.25, 0.3) is 5.91 Å². The van der Waals surface area contributed by atoms with E-state index in [1.165, 1.54) is 18.2 Å². The van der Waals surface area contributed by atoms with Gasteiger partial charge in [-0.1, -0.05) is 0 Å². The summed E-state index contributed by atoms with van der Waals surface area (Å²) in [6.07, 6.45) is -1.91. The van der Waals surface area contributed by atoms with E-state index in [-0.39, 0.29) is 43.5 Å². The van der Waals surface area contributed by atoms with Crippen molar-refractivity contribution in [3.05, 3.63) is 54.4 Å². The second-order valence-electron chi connectivity index (χ2n) is 10.2. The van der Waals surface area contributed by atoms with Gasteiger partial charge in [-0.3, -0.25) is 4.79 Å². The number of likely N-dealkylation sites (tertiary alicyclic amines) is 1. The van der Waals surface area contributed by atoms with Crippen LogP contribution in [0.4, 0.5) is 21.7 Å². The van der Waals surface area contributed by atoms with Gasteiger partial charge in [-0.2, -0.15) is 10.2 Å². The van der Waals surface area contributed by atoms with Gasteiger partial charge >= 0.3 is 0 Å². The average Bonchev–Trinajstić information content (AvgIpc) is 3.02. The molecule has 42 heavy (non-hydrogen) atoms. The molecule has 0 aliphatic carbocycles. The van der Waals surface area contributed by atoms with E-state index in [1.54, 1.807) is 18.2 Å². The second kappa shape index (κ2) is 13.1. The fourth-order valence-electron chi connectivity index (χ4n) is 5.01. The minimum absolute atomic E-state index is 0.0108. The molecule has 1 amide bonds. The Labute approximate surface area is 242 Å². The van der Waals surface area contributed by atoms with Crippen LogP contribution in [0.5, 0.6) is 5.75 Å². The van der Waals surface area contributed by atoms with Crippen LogP contribution in [-0.2, 0) is 9.53 Å². The first-order chi connectivity index (χ1) is 20.4. The van der Waals surface area contributed by atoms with Crippen LogP contribution in [0.3, 0.4) is 0 Å². The number of anilines is 3. The molecule has 2 unspecified atom stereocenters. The third-order valence-electron chi connectivity index (χ3n) is 7.25. The Balaban J connectivity index is 1.25. The van der Waals surface area contributed by atoms with Crippen molar-refractivity contribution in [3.63, 3.8) is 0 Å². The van der Waals surface area contributed by atoms with Crippen molar-refractivity contribution < 1.29 is 28.9 Å². The number of halogens is 1. The van der Waals surface area contributed by atoms with Crippen molar-refractivity contribution in [2.24, 2.45) is 0 Å². The van der Waals surface area contributed by atoms with E-state index in [2.05, 4.69) is 31.2 Å². The van der Waals surface area contributed by atoms with E-state index in [9.17, 15) is 24.7 Å². The summed E-state index contributed by atoms with van der Waals surface area (Å²) in [6.45, 7) is 3.20. The van der Waals surface area contributed by atoms with Gasteiger partial charge in [0.1, 0.15) is 30.4 Å². The Morgan fingerprint density at radius 1 is 1.26 bits per heavy atom. The summed E-state index contributed by atoms with van der Waals surface area (Å²) < 4.78 is 26.1. The van der Waals surface area contributed by atoms with Crippen molar-refractivity contribution >= 4 is 23.2 Å². The lowest BCUT2D eigenvalue weighted by molar-refractivity contribution is -0.143. The number of benzene rings is 2. The van der Waals surface area contributed by atoms with Crippen LogP contribution >= 0.6 is 0 Å². The highest BCUT2D eigenvalue weighted by Crippen LogP contribution is 2.29. The molecule has 3 heterocycles. The van der Waals surface area contributed by atoms with Crippen LogP contribution in [-0.4, -0.2) is 99.8 Å². The van der Waals surface area contributed by atoms with Crippen molar-refractivity contribution in [2.45, 2.75) is 37.8 Å². The molecule has 2 fully saturated rings. The van der Waals surface area contributed by atoms with Crippen molar-refractivity contribution in [3.8, 4) is 23.2 Å². The summed E-state index contributed by atoms with van der Waals surface area (Å²) in [6, 6.07) is 14.5. The summed E-state index contributed by atoms with van der Waals surface area (Å²) in [5, 5.41) is 32.1. The number of carbonyl (C=O) groups excluding carboxylic acids is 1. The average molecular weight is 578 g/mol. The Bertz CT molecular complexity index is 1430. The maximum absolute atomic E-state index is 14.8. The standard InChI is InChI=1S/C29H32FN7O5/c1-18(39)28(40)36-9-8-26(24(30)14-36)42-25-7-2-19(12-20(25)13-31)27-32-17-33-29(35-27)34-21-3-5-22(6-4-21)37-10-11-41-16-23(37)15-38/h2-7,12,17-18,23-24,26,38-39H,8-11,14-16H2,1H3,(H,32,33,34,35)/t18?,23?,24-,26+/m1/s1. The summed E-state index contributed by atoms with van der Waals surface area (Å²) in [7, 11) is 0. The number of nitriles is 1. The number of hydrogen-bond acceptors (Lipinski definition) is 11. The lowest BCUT2D eigenvalue weighted by atomic mass is 10.0. The number of aliphatic hydroxyl groups excluding tert-OH is 2. The number of piperidine rings is 1. The van der Waals surface area contributed by atoms with E-state index in [4.69, 9.17) is 9.47 Å². The largest absolute Gasteiger partial charge is 0.486 e. The minimum atomic E-state index is -1.47. The third kappa shape index (κ3) is 6.57. The van der Waals surface area contributed by atoms with Gasteiger partial charge in [0.15, 0.2) is 12.0 Å². The fraction of sp³-hybridized carbons (Fsp3) is 0.414. The van der Waals surface area contributed by atoms with E-state index in [0.29, 0.717) is 37.1 Å². The number of ether oxygens (including phenoxy) is 2. The first-order valence-electron chi connectivity index (χ1n) is 13.7. The maximum atomic E-state index is 14.8. The normalized spacial score (nSPS) is 21.4. The molecule has 2 aliphatic rings. The zero-order valence-corrected chi connectivity index (χ0v) is 23.1. The third-order valence-corrected chi connectivity index (χ3v) is 7.25. The number of hydrogen-bond donors (Lipinski definition) is 3. The van der Waals surface area contributed by atoms with Crippen LogP contribution in [0.2, 0.25) is 0 Å². The lowest BCUT2D eigenvalue weighted by Crippen LogP contribution is -2.51. The smallest absolute Gasteiger partial charge is 0.251 e. The number of morpholine rings is 1. The van der Waals surface area contributed by atoms with Crippen LogP contribution in [0.25, 0.3) is 11.4 Å². The predicted molar refractivity (Wildman–Crippen MR) is 151 cm³/mol. The van der Waals surface area contributed by atoms with Crippen LogP contribution < -0.4 is 15.0 Å². The molecule has 0 spiro atoms. The Morgan fingerprint density at radius 2 is 2.07 bits per heavy atom. The van der Waals surface area contributed by atoms with Gasteiger partial charge in [0, 0.05) is 36.4 Å². The molecule has 12 nitrogen and oxygen atoms in total. The molecule has 13 heteroatoms. The van der Waals surface area contributed by atoms with Crippen molar-refractivity contribution in [1.82, 2.24) is 19.9 Å². The van der Waals surface area contributed by atoms with Gasteiger partial charge in [-0.15, -0.1) is 0 Å². The zero-order valence-electron chi connectivity index (χ0n) is 23.1. The van der Waals surface area contributed by atoms with Gasteiger partial charge in [0.05, 0.1) is 38.0 Å². The molecule has 220 valence electrons. The Kier molecular flexibility index (Phi) is 9.06. The number of aliphatic hydroxyl groups is 2. The summed E-state index contributed by atoms with van der Waals surface area (Å²) in [5.74, 6) is 0.343. The highest BCUT2D eigenvalue weighted by molar-refractivity contribution is 5.80. The van der Waals surface area contributed by atoms with Crippen molar-refractivity contribution in [1.29, 1.82) is 5.26 Å². The Hall–Kier alpha value is -4.38. The molecule has 3 aromatic rings. The van der Waals surface area contributed by atoms with Crippen LogP contribution in [0.1, 0.15) is 18.9 Å². The zero-order chi connectivity index (χ0) is 29.6. The van der Waals surface area contributed by atoms with E-state index in [1.807, 2.05) is 24.3 Å². The highest BCUT2D eigenvalue weighted by atomic mass is 19.1. The number of alkyl halides is 1. The number of carbonyl (C=O) groups is 1. The molecular formula is C29H32FN7O5. The van der Waals surface area contributed by atoms with Crippen LogP contribution in [0.15, 0.2) is 48.8 Å². The second-order valence-corrected chi connectivity index (χ2v) is 10.2. The van der Waals surface area contributed by atoms with Gasteiger partial charge < -0.3 is 34.8 Å². The maximum Gasteiger partial charge on any atom is 0.251 e.